The third kappa shape index (κ3) is 8.23. The number of carbonyl (C=O) groups is 2. The van der Waals surface area contributed by atoms with E-state index in [1.165, 1.54) is 0 Å². The molecular weight excluding hydrogens is 458 g/mol. The molecule has 0 bridgehead atoms. The summed E-state index contributed by atoms with van der Waals surface area (Å²) in [6.07, 6.45) is 2.48. The molecule has 2 aromatic rings. The third-order valence-corrected chi connectivity index (χ3v) is 6.98. The van der Waals surface area contributed by atoms with Gasteiger partial charge in [0.25, 0.3) is 0 Å². The number of thiazole rings is 1. The van der Waals surface area contributed by atoms with E-state index in [0.29, 0.717) is 17.4 Å². The minimum atomic E-state index is -0.519. The van der Waals surface area contributed by atoms with Crippen molar-refractivity contribution in [2.75, 3.05) is 18.0 Å². The monoisotopic (exact) mass is 491 g/mol. The Hall–Kier alpha value is -2.26. The van der Waals surface area contributed by atoms with Gasteiger partial charge in [-0.15, -0.1) is 23.1 Å². The number of ether oxygens (including phenoxy) is 2. The molecule has 0 aliphatic carbocycles. The molecule has 3 rings (SSSR count). The molecule has 7 nitrogen and oxygen atoms in total. The topological polar surface area (TPSA) is 80.8 Å². The second kappa shape index (κ2) is 10.3. The average Bonchev–Trinajstić information content (AvgIpc) is 3.34. The lowest BCUT2D eigenvalue weighted by Crippen LogP contribution is -2.32. The highest BCUT2D eigenvalue weighted by Crippen LogP contribution is 2.35. The number of hydrogen-bond donors (Lipinski definition) is 1. The van der Waals surface area contributed by atoms with E-state index in [4.69, 9.17) is 9.47 Å². The highest BCUT2D eigenvalue weighted by molar-refractivity contribution is 8.01. The molecule has 1 aromatic heterocycles. The van der Waals surface area contributed by atoms with Gasteiger partial charge in [0.05, 0.1) is 22.5 Å². The fourth-order valence-electron chi connectivity index (χ4n) is 3.28. The van der Waals surface area contributed by atoms with E-state index in [-0.39, 0.29) is 5.97 Å². The van der Waals surface area contributed by atoms with Gasteiger partial charge < -0.3 is 19.7 Å². The molecule has 0 radical (unpaired) electrons. The number of aromatic nitrogens is 1. The van der Waals surface area contributed by atoms with Gasteiger partial charge in [0.15, 0.2) is 0 Å². The van der Waals surface area contributed by atoms with Gasteiger partial charge in [0.1, 0.15) is 16.2 Å². The zero-order chi connectivity index (χ0) is 24.2. The second-order valence-corrected chi connectivity index (χ2v) is 12.7. The van der Waals surface area contributed by atoms with Gasteiger partial charge in [-0.1, -0.05) is 6.07 Å². The Balaban J connectivity index is 1.52. The van der Waals surface area contributed by atoms with E-state index in [1.54, 1.807) is 17.4 Å². The summed E-state index contributed by atoms with van der Waals surface area (Å²) in [5.41, 5.74) is 0.573. The van der Waals surface area contributed by atoms with Crippen molar-refractivity contribution in [1.29, 1.82) is 0 Å². The smallest absolute Gasteiger partial charge is 0.408 e. The standard InChI is InChI=1S/C24H33N3O4S2/c1-23(2,3)30-21(28)16-8-7-9-17(12-16)27-11-10-18(15-27)32-20-14-25-19(33-20)13-26-22(29)31-24(4,5)6/h7-9,12,14,18H,10-11,13,15H2,1-6H3,(H,26,29). The van der Waals surface area contributed by atoms with Crippen molar-refractivity contribution in [3.8, 4) is 0 Å². The molecular formula is C24H33N3O4S2. The number of nitrogens with one attached hydrogen (secondary N) is 1. The van der Waals surface area contributed by atoms with Gasteiger partial charge in [-0.2, -0.15) is 0 Å². The zero-order valence-corrected chi connectivity index (χ0v) is 21.8. The largest absolute Gasteiger partial charge is 0.456 e. The first kappa shape index (κ1) is 25.4. The van der Waals surface area contributed by atoms with Crippen molar-refractivity contribution in [2.24, 2.45) is 0 Å². The predicted octanol–water partition coefficient (Wildman–Crippen LogP) is 5.49. The Bertz CT molecular complexity index is 979. The number of anilines is 1. The Labute approximate surface area is 204 Å². The number of alkyl carbamates (subject to hydrolysis) is 1. The summed E-state index contributed by atoms with van der Waals surface area (Å²) in [5.74, 6) is -0.299. The minimum Gasteiger partial charge on any atom is -0.456 e. The lowest BCUT2D eigenvalue weighted by atomic mass is 10.1. The Morgan fingerprint density at radius 3 is 2.61 bits per heavy atom. The number of nitrogens with zero attached hydrogens (tertiary/aromatic N) is 2. The molecule has 1 aliphatic heterocycles. The highest BCUT2D eigenvalue weighted by Gasteiger charge is 2.26. The predicted molar refractivity (Wildman–Crippen MR) is 133 cm³/mol. The van der Waals surface area contributed by atoms with Gasteiger partial charge in [0, 0.05) is 24.0 Å². The van der Waals surface area contributed by atoms with Crippen LogP contribution in [0.15, 0.2) is 34.7 Å². The van der Waals surface area contributed by atoms with Gasteiger partial charge in [0.2, 0.25) is 0 Å². The molecule has 1 unspecified atom stereocenters. The SMILES string of the molecule is CC(C)(C)OC(=O)NCc1ncc(SC2CCN(c3cccc(C(=O)OC(C)(C)C)c3)C2)s1. The fraction of sp³-hybridized carbons (Fsp3) is 0.542. The molecule has 0 saturated carbocycles. The Morgan fingerprint density at radius 2 is 1.91 bits per heavy atom. The summed E-state index contributed by atoms with van der Waals surface area (Å²) in [6, 6.07) is 7.65. The van der Waals surface area contributed by atoms with Gasteiger partial charge in [-0.25, -0.2) is 14.6 Å². The first-order valence-corrected chi connectivity index (χ1v) is 12.7. The van der Waals surface area contributed by atoms with E-state index in [2.05, 4.69) is 15.2 Å². The molecule has 1 aromatic carbocycles. The number of hydrogen-bond acceptors (Lipinski definition) is 8. The van der Waals surface area contributed by atoms with E-state index in [9.17, 15) is 9.59 Å². The maximum Gasteiger partial charge on any atom is 0.408 e. The maximum absolute atomic E-state index is 12.4. The van der Waals surface area contributed by atoms with Crippen LogP contribution in [-0.4, -0.2) is 46.6 Å². The normalized spacial score (nSPS) is 16.5. The van der Waals surface area contributed by atoms with E-state index < -0.39 is 17.3 Å². The summed E-state index contributed by atoms with van der Waals surface area (Å²) in [7, 11) is 0. The fourth-order valence-corrected chi connectivity index (χ4v) is 5.68. The van der Waals surface area contributed by atoms with E-state index in [1.807, 2.05) is 77.7 Å². The van der Waals surface area contributed by atoms with Crippen molar-refractivity contribution >= 4 is 40.8 Å². The van der Waals surface area contributed by atoms with Crippen LogP contribution in [0.2, 0.25) is 0 Å². The van der Waals surface area contributed by atoms with E-state index >= 15 is 0 Å². The van der Waals surface area contributed by atoms with Crippen molar-refractivity contribution < 1.29 is 19.1 Å². The second-order valence-electron chi connectivity index (χ2n) is 9.96. The highest BCUT2D eigenvalue weighted by atomic mass is 32.2. The summed E-state index contributed by atoms with van der Waals surface area (Å²) >= 11 is 3.40. The Morgan fingerprint density at radius 1 is 1.18 bits per heavy atom. The van der Waals surface area contributed by atoms with Crippen molar-refractivity contribution in [2.45, 2.75) is 75.2 Å². The molecule has 1 saturated heterocycles. The van der Waals surface area contributed by atoms with Crippen LogP contribution in [0, 0.1) is 0 Å². The van der Waals surface area contributed by atoms with Crippen LogP contribution in [0.1, 0.15) is 63.3 Å². The molecule has 1 amide bonds. The van der Waals surface area contributed by atoms with Crippen LogP contribution in [0.3, 0.4) is 0 Å². The number of rotatable bonds is 6. The zero-order valence-electron chi connectivity index (χ0n) is 20.1. The van der Waals surface area contributed by atoms with Gasteiger partial charge in [-0.05, 0) is 66.2 Å². The summed E-state index contributed by atoms with van der Waals surface area (Å²) in [4.78, 5) is 31.0. The minimum absolute atomic E-state index is 0.299. The molecule has 9 heteroatoms. The number of thioether (sulfide) groups is 1. The third-order valence-electron chi connectivity index (χ3n) is 4.59. The molecule has 1 aliphatic rings. The quantitative estimate of drug-likeness (QED) is 0.535. The van der Waals surface area contributed by atoms with Crippen LogP contribution in [-0.2, 0) is 16.0 Å². The van der Waals surface area contributed by atoms with Gasteiger partial charge >= 0.3 is 12.1 Å². The average molecular weight is 492 g/mol. The number of esters is 1. The van der Waals surface area contributed by atoms with Crippen LogP contribution < -0.4 is 10.2 Å². The molecule has 33 heavy (non-hydrogen) atoms. The van der Waals surface area contributed by atoms with Crippen molar-refractivity contribution in [3.63, 3.8) is 0 Å². The maximum atomic E-state index is 12.4. The number of benzene rings is 1. The molecule has 1 fully saturated rings. The van der Waals surface area contributed by atoms with Crippen LogP contribution >= 0.6 is 23.1 Å². The molecule has 1 N–H and O–H groups in total. The lowest BCUT2D eigenvalue weighted by molar-refractivity contribution is 0.00692. The summed E-state index contributed by atoms with van der Waals surface area (Å²) in [5, 5.41) is 4.03. The van der Waals surface area contributed by atoms with Crippen LogP contribution in [0.25, 0.3) is 0 Å². The van der Waals surface area contributed by atoms with E-state index in [0.717, 1.165) is 34.4 Å². The molecule has 1 atom stereocenters. The Kier molecular flexibility index (Phi) is 7.95. The van der Waals surface area contributed by atoms with Crippen molar-refractivity contribution in [3.05, 3.63) is 41.0 Å². The summed E-state index contributed by atoms with van der Waals surface area (Å²) < 4.78 is 11.9. The number of carbonyl (C=O) groups excluding carboxylic acids is 2. The first-order chi connectivity index (χ1) is 15.4. The number of amides is 1. The van der Waals surface area contributed by atoms with Crippen LogP contribution in [0.4, 0.5) is 10.5 Å². The molecule has 2 heterocycles. The first-order valence-electron chi connectivity index (χ1n) is 11.0. The van der Waals surface area contributed by atoms with Gasteiger partial charge in [-0.3, -0.25) is 0 Å². The van der Waals surface area contributed by atoms with Crippen LogP contribution in [0.5, 0.6) is 0 Å². The lowest BCUT2D eigenvalue weighted by Gasteiger charge is -2.21. The molecule has 0 spiro atoms. The molecule has 180 valence electrons. The summed E-state index contributed by atoms with van der Waals surface area (Å²) in [6.45, 7) is 13.3. The van der Waals surface area contributed by atoms with Crippen molar-refractivity contribution in [1.82, 2.24) is 10.3 Å².